The maximum atomic E-state index is 12.7. The Hall–Kier alpha value is -2.66. The van der Waals surface area contributed by atoms with E-state index in [1.54, 1.807) is 0 Å². The van der Waals surface area contributed by atoms with Crippen molar-refractivity contribution in [2.24, 2.45) is 5.92 Å². The average Bonchev–Trinajstić information content (AvgIpc) is 2.74. The number of carbonyl (C=O) groups is 2. The van der Waals surface area contributed by atoms with E-state index in [4.69, 9.17) is 4.74 Å². The van der Waals surface area contributed by atoms with E-state index < -0.39 is 0 Å². The number of methoxy groups -OCH3 is 1. The first kappa shape index (κ1) is 21.1. The second-order valence-corrected chi connectivity index (χ2v) is 7.71. The highest BCUT2D eigenvalue weighted by molar-refractivity contribution is 5.82. The Bertz CT molecular complexity index is 822. The minimum atomic E-state index is -0.187. The number of hydrogen-bond donors (Lipinski definition) is 1. The van der Waals surface area contributed by atoms with E-state index in [9.17, 15) is 9.59 Å². The van der Waals surface area contributed by atoms with Crippen molar-refractivity contribution in [3.8, 4) is 0 Å². The Morgan fingerprint density at radius 1 is 1.10 bits per heavy atom. The third-order valence-corrected chi connectivity index (χ3v) is 5.52. The molecule has 1 saturated heterocycles. The van der Waals surface area contributed by atoms with Gasteiger partial charge in [0.05, 0.1) is 12.0 Å². The fourth-order valence-electron chi connectivity index (χ4n) is 4.01. The van der Waals surface area contributed by atoms with Gasteiger partial charge in [-0.1, -0.05) is 60.2 Å². The van der Waals surface area contributed by atoms with Gasteiger partial charge >= 0.3 is 0 Å². The van der Waals surface area contributed by atoms with Crippen molar-refractivity contribution in [2.75, 3.05) is 26.8 Å². The number of likely N-dealkylation sites (tertiary alicyclic amines) is 1. The minimum Gasteiger partial charge on any atom is -0.375 e. The van der Waals surface area contributed by atoms with Gasteiger partial charge in [0.15, 0.2) is 0 Å². The van der Waals surface area contributed by atoms with Crippen molar-refractivity contribution in [3.05, 3.63) is 71.3 Å². The van der Waals surface area contributed by atoms with Gasteiger partial charge < -0.3 is 15.0 Å². The number of carbonyl (C=O) groups excluding carboxylic acids is 2. The minimum absolute atomic E-state index is 0.00841. The topological polar surface area (TPSA) is 58.6 Å². The number of amides is 2. The van der Waals surface area contributed by atoms with Gasteiger partial charge in [-0.05, 0) is 37.3 Å². The predicted octanol–water partition coefficient (Wildman–Crippen LogP) is 3.28. The summed E-state index contributed by atoms with van der Waals surface area (Å²) in [5.41, 5.74) is 3.49. The first-order valence-corrected chi connectivity index (χ1v) is 10.2. The monoisotopic (exact) mass is 394 g/mol. The Labute approximate surface area is 173 Å². The quantitative estimate of drug-likeness (QED) is 0.784. The summed E-state index contributed by atoms with van der Waals surface area (Å²) in [6, 6.07) is 18.4. The Morgan fingerprint density at radius 2 is 1.90 bits per heavy atom. The second kappa shape index (κ2) is 10.2. The molecule has 0 spiro atoms. The number of ether oxygens (including phenoxy) is 1. The van der Waals surface area contributed by atoms with Crippen molar-refractivity contribution < 1.29 is 14.3 Å². The predicted molar refractivity (Wildman–Crippen MR) is 113 cm³/mol. The average molecular weight is 395 g/mol. The molecule has 2 amide bonds. The van der Waals surface area contributed by atoms with Crippen LogP contribution in [0.4, 0.5) is 0 Å². The fraction of sp³-hybridized carbons (Fsp3) is 0.417. The van der Waals surface area contributed by atoms with Crippen LogP contribution in [0, 0.1) is 12.8 Å². The summed E-state index contributed by atoms with van der Waals surface area (Å²) >= 11 is 0. The fourth-order valence-corrected chi connectivity index (χ4v) is 4.01. The van der Waals surface area contributed by atoms with E-state index in [-0.39, 0.29) is 30.4 Å². The van der Waals surface area contributed by atoms with E-state index in [1.807, 2.05) is 29.2 Å². The number of nitrogens with one attached hydrogen (secondary N) is 1. The first-order valence-electron chi connectivity index (χ1n) is 10.2. The molecule has 1 heterocycles. The van der Waals surface area contributed by atoms with Gasteiger partial charge in [-0.2, -0.15) is 0 Å². The molecule has 0 aliphatic carbocycles. The third kappa shape index (κ3) is 5.67. The summed E-state index contributed by atoms with van der Waals surface area (Å²) in [5, 5.41) is 3.05. The van der Waals surface area contributed by atoms with E-state index >= 15 is 0 Å². The standard InChI is InChI=1S/C24H30N2O3/c1-18-7-6-10-20(15-18)22-12-11-21(16-26(22)23(27)17-29-2)24(28)25-14-13-19-8-4-3-5-9-19/h3-10,15,21-22H,11-14,16-17H2,1-2H3,(H,25,28)/t21-,22-/m1/s1. The molecule has 2 aromatic carbocycles. The molecule has 1 aliphatic rings. The molecule has 0 bridgehead atoms. The van der Waals surface area contributed by atoms with Crippen molar-refractivity contribution in [1.29, 1.82) is 0 Å². The van der Waals surface area contributed by atoms with Crippen LogP contribution in [0.5, 0.6) is 0 Å². The van der Waals surface area contributed by atoms with Crippen LogP contribution in [0.15, 0.2) is 54.6 Å². The lowest BCUT2D eigenvalue weighted by Crippen LogP contribution is -2.48. The maximum Gasteiger partial charge on any atom is 0.249 e. The molecule has 2 atom stereocenters. The van der Waals surface area contributed by atoms with Crippen LogP contribution in [-0.2, 0) is 20.7 Å². The maximum absolute atomic E-state index is 12.7. The van der Waals surface area contributed by atoms with Crippen molar-refractivity contribution >= 4 is 11.8 Å². The number of nitrogens with zero attached hydrogens (tertiary/aromatic N) is 1. The number of aryl methyl sites for hydroxylation is 1. The second-order valence-electron chi connectivity index (χ2n) is 7.71. The lowest BCUT2D eigenvalue weighted by Gasteiger charge is -2.39. The number of rotatable bonds is 7. The molecule has 154 valence electrons. The molecule has 5 nitrogen and oxygen atoms in total. The molecule has 2 aromatic rings. The molecule has 1 N–H and O–H groups in total. The van der Waals surface area contributed by atoms with E-state index in [0.717, 1.165) is 24.8 Å². The molecule has 0 aromatic heterocycles. The molecular formula is C24H30N2O3. The summed E-state index contributed by atoms with van der Waals surface area (Å²) in [6.45, 7) is 3.12. The van der Waals surface area contributed by atoms with Gasteiger partial charge in [0, 0.05) is 20.2 Å². The summed E-state index contributed by atoms with van der Waals surface area (Å²) in [7, 11) is 1.53. The number of hydrogen-bond acceptors (Lipinski definition) is 3. The Morgan fingerprint density at radius 3 is 2.62 bits per heavy atom. The normalized spacial score (nSPS) is 19.0. The van der Waals surface area contributed by atoms with Gasteiger partial charge in [-0.15, -0.1) is 0 Å². The van der Waals surface area contributed by atoms with Crippen molar-refractivity contribution in [3.63, 3.8) is 0 Å². The smallest absolute Gasteiger partial charge is 0.249 e. The lowest BCUT2D eigenvalue weighted by molar-refractivity contribution is -0.142. The molecule has 0 radical (unpaired) electrons. The largest absolute Gasteiger partial charge is 0.375 e. The molecule has 3 rings (SSSR count). The van der Waals surface area contributed by atoms with E-state index in [0.29, 0.717) is 13.1 Å². The first-order chi connectivity index (χ1) is 14.1. The zero-order chi connectivity index (χ0) is 20.6. The highest BCUT2D eigenvalue weighted by Crippen LogP contribution is 2.34. The van der Waals surface area contributed by atoms with Crippen LogP contribution in [-0.4, -0.2) is 43.5 Å². The molecule has 1 fully saturated rings. The lowest BCUT2D eigenvalue weighted by atomic mass is 9.88. The molecule has 5 heteroatoms. The number of piperidine rings is 1. The number of benzene rings is 2. The summed E-state index contributed by atoms with van der Waals surface area (Å²) in [4.78, 5) is 27.3. The SMILES string of the molecule is COCC(=O)N1C[C@H](C(=O)NCCc2ccccc2)CC[C@@H]1c1cccc(C)c1. The van der Waals surface area contributed by atoms with Crippen LogP contribution in [0.3, 0.4) is 0 Å². The Balaban J connectivity index is 1.63. The molecule has 29 heavy (non-hydrogen) atoms. The Kier molecular flexibility index (Phi) is 7.42. The van der Waals surface area contributed by atoms with E-state index in [2.05, 4.69) is 42.6 Å². The van der Waals surface area contributed by atoms with E-state index in [1.165, 1.54) is 18.2 Å². The van der Waals surface area contributed by atoms with Crippen LogP contribution in [0.1, 0.15) is 35.6 Å². The summed E-state index contributed by atoms with van der Waals surface area (Å²) in [6.07, 6.45) is 2.35. The van der Waals surface area contributed by atoms with Gasteiger partial charge in [0.2, 0.25) is 11.8 Å². The van der Waals surface area contributed by atoms with Crippen LogP contribution >= 0.6 is 0 Å². The van der Waals surface area contributed by atoms with Gasteiger partial charge in [-0.3, -0.25) is 9.59 Å². The van der Waals surface area contributed by atoms with Crippen LogP contribution in [0.2, 0.25) is 0 Å². The highest BCUT2D eigenvalue weighted by Gasteiger charge is 2.35. The van der Waals surface area contributed by atoms with Crippen molar-refractivity contribution in [2.45, 2.75) is 32.2 Å². The molecule has 0 saturated carbocycles. The van der Waals surface area contributed by atoms with Crippen LogP contribution in [0.25, 0.3) is 0 Å². The van der Waals surface area contributed by atoms with Gasteiger partial charge in [0.25, 0.3) is 0 Å². The zero-order valence-electron chi connectivity index (χ0n) is 17.3. The molecule has 1 aliphatic heterocycles. The van der Waals surface area contributed by atoms with Crippen LogP contribution < -0.4 is 5.32 Å². The van der Waals surface area contributed by atoms with Gasteiger partial charge in [-0.25, -0.2) is 0 Å². The van der Waals surface area contributed by atoms with Gasteiger partial charge in [0.1, 0.15) is 6.61 Å². The van der Waals surface area contributed by atoms with Crippen molar-refractivity contribution in [1.82, 2.24) is 10.2 Å². The molecule has 0 unspecified atom stereocenters. The summed E-state index contributed by atoms with van der Waals surface area (Å²) < 4.78 is 5.08. The molecular weight excluding hydrogens is 364 g/mol. The zero-order valence-corrected chi connectivity index (χ0v) is 17.3. The summed E-state index contributed by atoms with van der Waals surface area (Å²) in [5.74, 6) is -0.229. The third-order valence-electron chi connectivity index (χ3n) is 5.52. The highest BCUT2D eigenvalue weighted by atomic mass is 16.5.